The van der Waals surface area contributed by atoms with E-state index in [9.17, 15) is 20.0 Å². The Bertz CT molecular complexity index is 722. The summed E-state index contributed by atoms with van der Waals surface area (Å²) >= 11 is 1.52. The van der Waals surface area contributed by atoms with Crippen LogP contribution in [0.15, 0.2) is 24.3 Å². The van der Waals surface area contributed by atoms with Gasteiger partial charge in [-0.1, -0.05) is 12.1 Å². The molecule has 0 radical (unpaired) electrons. The zero-order valence-electron chi connectivity index (χ0n) is 14.6. The average molecular weight is 356 g/mol. The van der Waals surface area contributed by atoms with Crippen LogP contribution >= 0.6 is 11.8 Å². The summed E-state index contributed by atoms with van der Waals surface area (Å²) in [5.74, 6) is -1.87. The molecule has 2 N–H and O–H groups in total. The SMILES string of the molecule is CC1(C)S[C@@H]2[C@@H](C(O)c3ccc(C(=O)O)cc3)C(=O)N2[C@H]1C#N.[H-].[Na+]. The molecular weight excluding hydrogens is 339 g/mol. The van der Waals surface area contributed by atoms with Crippen molar-refractivity contribution in [3.63, 3.8) is 0 Å². The number of carbonyl (C=O) groups is 2. The number of nitrogens with zero attached hydrogens (tertiary/aromatic N) is 2. The number of β-lactam (4-membered cyclic amide) rings is 1. The molecule has 2 heterocycles. The Morgan fingerprint density at radius 3 is 2.50 bits per heavy atom. The minimum Gasteiger partial charge on any atom is -1.00 e. The molecule has 122 valence electrons. The summed E-state index contributed by atoms with van der Waals surface area (Å²) in [5, 5.41) is 28.5. The summed E-state index contributed by atoms with van der Waals surface area (Å²) in [5.41, 5.74) is 0.634. The van der Waals surface area contributed by atoms with Crippen molar-refractivity contribution >= 4 is 23.6 Å². The minimum atomic E-state index is -1.04. The van der Waals surface area contributed by atoms with Gasteiger partial charge in [0.05, 0.1) is 29.0 Å². The largest absolute Gasteiger partial charge is 1.00 e. The van der Waals surface area contributed by atoms with Crippen LogP contribution in [-0.4, -0.2) is 43.2 Å². The number of thioether (sulfide) groups is 1. The Morgan fingerprint density at radius 2 is 2.00 bits per heavy atom. The molecule has 8 heteroatoms. The smallest absolute Gasteiger partial charge is 1.00 e. The molecular formula is C16H17N2NaO4S. The summed E-state index contributed by atoms with van der Waals surface area (Å²) in [7, 11) is 0. The first-order chi connectivity index (χ1) is 10.8. The van der Waals surface area contributed by atoms with E-state index in [1.165, 1.54) is 36.0 Å². The zero-order valence-corrected chi connectivity index (χ0v) is 16.4. The van der Waals surface area contributed by atoms with Crippen molar-refractivity contribution in [2.75, 3.05) is 0 Å². The summed E-state index contributed by atoms with van der Waals surface area (Å²) < 4.78 is -0.378. The number of hydrogen-bond donors (Lipinski definition) is 2. The van der Waals surface area contributed by atoms with Gasteiger partial charge in [0.25, 0.3) is 0 Å². The van der Waals surface area contributed by atoms with E-state index < -0.39 is 24.0 Å². The molecule has 2 aliphatic heterocycles. The fraction of sp³-hybridized carbons (Fsp3) is 0.438. The van der Waals surface area contributed by atoms with E-state index >= 15 is 0 Å². The van der Waals surface area contributed by atoms with E-state index in [0.717, 1.165) is 0 Å². The van der Waals surface area contributed by atoms with Crippen LogP contribution in [0.5, 0.6) is 0 Å². The molecule has 2 saturated heterocycles. The molecule has 4 atom stereocenters. The van der Waals surface area contributed by atoms with Crippen molar-refractivity contribution < 1.29 is 50.8 Å². The van der Waals surface area contributed by atoms with E-state index in [1.807, 2.05) is 13.8 Å². The van der Waals surface area contributed by atoms with Crippen LogP contribution in [0.2, 0.25) is 0 Å². The molecule has 1 amide bonds. The Hall–Kier alpha value is -1.04. The van der Waals surface area contributed by atoms with Gasteiger partial charge < -0.3 is 16.5 Å². The first-order valence-corrected chi connectivity index (χ1v) is 8.07. The van der Waals surface area contributed by atoms with Crippen molar-refractivity contribution in [1.82, 2.24) is 4.90 Å². The van der Waals surface area contributed by atoms with E-state index in [-0.39, 0.29) is 52.6 Å². The van der Waals surface area contributed by atoms with Crippen LogP contribution in [0.3, 0.4) is 0 Å². The molecule has 0 aliphatic carbocycles. The number of hydrogen-bond acceptors (Lipinski definition) is 5. The second kappa shape index (κ2) is 6.70. The second-order valence-corrected chi connectivity index (χ2v) is 8.06. The molecule has 2 fully saturated rings. The second-order valence-electron chi connectivity index (χ2n) is 6.29. The maximum absolute atomic E-state index is 12.4. The Labute approximate surface area is 167 Å². The van der Waals surface area contributed by atoms with Gasteiger partial charge in [0.1, 0.15) is 6.04 Å². The summed E-state index contributed by atoms with van der Waals surface area (Å²) in [6.07, 6.45) is -1.01. The van der Waals surface area contributed by atoms with Crippen LogP contribution in [0.4, 0.5) is 0 Å². The minimum absolute atomic E-state index is 0. The van der Waals surface area contributed by atoms with Crippen molar-refractivity contribution in [3.05, 3.63) is 35.4 Å². The van der Waals surface area contributed by atoms with Crippen molar-refractivity contribution in [1.29, 1.82) is 5.26 Å². The molecule has 1 unspecified atom stereocenters. The fourth-order valence-electron chi connectivity index (χ4n) is 3.16. The van der Waals surface area contributed by atoms with Gasteiger partial charge in [-0.25, -0.2) is 4.79 Å². The van der Waals surface area contributed by atoms with Crippen LogP contribution in [0.25, 0.3) is 0 Å². The number of benzene rings is 1. The van der Waals surface area contributed by atoms with Gasteiger partial charge in [-0.2, -0.15) is 5.26 Å². The number of aliphatic hydroxyl groups excluding tert-OH is 1. The monoisotopic (exact) mass is 356 g/mol. The third-order valence-corrected chi connectivity index (χ3v) is 6.04. The number of aliphatic hydroxyl groups is 1. The van der Waals surface area contributed by atoms with Gasteiger partial charge in [0, 0.05) is 4.75 Å². The van der Waals surface area contributed by atoms with Gasteiger partial charge in [0.15, 0.2) is 0 Å². The maximum Gasteiger partial charge on any atom is 1.00 e. The molecule has 0 spiro atoms. The normalized spacial score (nSPS) is 28.2. The molecule has 24 heavy (non-hydrogen) atoms. The molecule has 0 aromatic heterocycles. The first kappa shape index (κ1) is 19.3. The van der Waals surface area contributed by atoms with Gasteiger partial charge in [-0.05, 0) is 31.5 Å². The molecule has 0 bridgehead atoms. The maximum atomic E-state index is 12.4. The molecule has 1 aromatic rings. The number of rotatable bonds is 3. The standard InChI is InChI=1S/C16H16N2O4S.Na.H/c1-16(2)10(7-17)18-13(20)11(14(18)23-16)12(19)8-3-5-9(6-4-8)15(21)22;;/h3-6,10-12,14,19H,1-2H3,(H,21,22);;/q;+1;-1/t10-,11-,12?,14+;;/m0../s1. The van der Waals surface area contributed by atoms with E-state index in [2.05, 4.69) is 6.07 Å². The number of nitriles is 1. The molecule has 3 rings (SSSR count). The van der Waals surface area contributed by atoms with Crippen LogP contribution in [0, 0.1) is 17.2 Å². The van der Waals surface area contributed by atoms with Gasteiger partial charge in [-0.3, -0.25) is 4.79 Å². The molecule has 1 aromatic carbocycles. The van der Waals surface area contributed by atoms with Crippen LogP contribution in [-0.2, 0) is 4.79 Å². The van der Waals surface area contributed by atoms with Crippen molar-refractivity contribution in [2.45, 2.75) is 36.1 Å². The number of carboxylic acids is 1. The number of carbonyl (C=O) groups excluding carboxylic acids is 1. The molecule has 6 nitrogen and oxygen atoms in total. The topological polar surface area (TPSA) is 102 Å². The summed E-state index contributed by atoms with van der Waals surface area (Å²) in [6.45, 7) is 3.84. The Morgan fingerprint density at radius 1 is 1.42 bits per heavy atom. The third kappa shape index (κ3) is 2.87. The predicted octanol–water partition coefficient (Wildman–Crippen LogP) is -1.26. The third-order valence-electron chi connectivity index (χ3n) is 4.44. The average Bonchev–Trinajstić information content (AvgIpc) is 2.74. The number of aromatic carboxylic acids is 1. The van der Waals surface area contributed by atoms with Crippen molar-refractivity contribution in [3.8, 4) is 6.07 Å². The van der Waals surface area contributed by atoms with Crippen LogP contribution in [0.1, 0.15) is 37.3 Å². The first-order valence-electron chi connectivity index (χ1n) is 7.19. The number of amides is 1. The van der Waals surface area contributed by atoms with Gasteiger partial charge in [-0.15, -0.1) is 11.8 Å². The Balaban J connectivity index is 0.00000156. The van der Waals surface area contributed by atoms with Crippen LogP contribution < -0.4 is 29.6 Å². The van der Waals surface area contributed by atoms with E-state index in [1.54, 1.807) is 4.90 Å². The van der Waals surface area contributed by atoms with E-state index in [4.69, 9.17) is 5.11 Å². The summed E-state index contributed by atoms with van der Waals surface area (Å²) in [4.78, 5) is 24.8. The zero-order chi connectivity index (χ0) is 16.9. The predicted molar refractivity (Wildman–Crippen MR) is 84.7 cm³/mol. The van der Waals surface area contributed by atoms with Gasteiger partial charge in [0.2, 0.25) is 5.91 Å². The number of fused-ring (bicyclic) bond motifs is 1. The van der Waals surface area contributed by atoms with E-state index in [0.29, 0.717) is 5.56 Å². The van der Waals surface area contributed by atoms with Gasteiger partial charge >= 0.3 is 35.5 Å². The molecule has 0 saturated carbocycles. The number of carboxylic acid groups (broad SMARTS) is 1. The molecule has 2 aliphatic rings. The van der Waals surface area contributed by atoms with Crippen molar-refractivity contribution in [2.24, 2.45) is 5.92 Å². The quantitative estimate of drug-likeness (QED) is 0.518. The fourth-order valence-corrected chi connectivity index (χ4v) is 4.83. The Kier molecular flexibility index (Phi) is 5.38. The summed E-state index contributed by atoms with van der Waals surface area (Å²) in [6, 6.07) is 7.54.